The van der Waals surface area contributed by atoms with Gasteiger partial charge in [-0.3, -0.25) is 4.79 Å². The highest BCUT2D eigenvalue weighted by molar-refractivity contribution is 5.95. The number of benzene rings is 2. The number of aromatic nitrogens is 1. The number of carbonyl (C=O) groups excluding carboxylic acids is 1. The molecule has 5 nitrogen and oxygen atoms in total. The van der Waals surface area contributed by atoms with Crippen molar-refractivity contribution in [1.29, 1.82) is 0 Å². The van der Waals surface area contributed by atoms with E-state index in [4.69, 9.17) is 9.47 Å². The van der Waals surface area contributed by atoms with E-state index in [0.29, 0.717) is 30.3 Å². The Morgan fingerprint density at radius 1 is 1.04 bits per heavy atom. The highest BCUT2D eigenvalue weighted by Gasteiger charge is 2.26. The van der Waals surface area contributed by atoms with Gasteiger partial charge in [0.2, 0.25) is 0 Å². The second kappa shape index (κ2) is 6.65. The Hall–Kier alpha value is -2.95. The van der Waals surface area contributed by atoms with Gasteiger partial charge in [0, 0.05) is 28.6 Å². The monoisotopic (exact) mass is 362 g/mol. The smallest absolute Gasteiger partial charge is 0.251 e. The molecule has 0 bridgehead atoms. The van der Waals surface area contributed by atoms with Crippen LogP contribution < -0.4 is 14.8 Å². The van der Waals surface area contributed by atoms with Gasteiger partial charge in [0.05, 0.1) is 19.3 Å². The normalized spacial score (nSPS) is 18.6. The number of rotatable bonds is 2. The number of fused-ring (bicyclic) bond motifs is 4. The molecule has 1 amide bonds. The van der Waals surface area contributed by atoms with Crippen LogP contribution in [0, 0.1) is 0 Å². The molecule has 5 heteroatoms. The van der Waals surface area contributed by atoms with Crippen LogP contribution in [-0.4, -0.2) is 24.1 Å². The molecule has 2 aromatic carbocycles. The number of amides is 1. The molecule has 0 fully saturated rings. The van der Waals surface area contributed by atoms with Crippen LogP contribution >= 0.6 is 0 Å². The number of hydrogen-bond donors (Lipinski definition) is 2. The number of hydrogen-bond acceptors (Lipinski definition) is 3. The van der Waals surface area contributed by atoms with Crippen molar-refractivity contribution in [3.05, 3.63) is 59.3 Å². The lowest BCUT2D eigenvalue weighted by atomic mass is 9.91. The summed E-state index contributed by atoms with van der Waals surface area (Å²) in [5, 5.41) is 4.47. The van der Waals surface area contributed by atoms with Gasteiger partial charge in [0.25, 0.3) is 5.91 Å². The Labute approximate surface area is 157 Å². The lowest BCUT2D eigenvalue weighted by Crippen LogP contribution is -2.31. The van der Waals surface area contributed by atoms with E-state index < -0.39 is 0 Å². The molecule has 0 saturated heterocycles. The molecule has 1 aliphatic carbocycles. The SMILES string of the molecule is O=C(NC1CCCc2c1[nH]c1ccccc21)c1ccc2c(c1)OCCCO2. The van der Waals surface area contributed by atoms with Gasteiger partial charge < -0.3 is 19.8 Å². The predicted octanol–water partition coefficient (Wildman–Crippen LogP) is 4.14. The largest absolute Gasteiger partial charge is 0.490 e. The third-order valence-electron chi connectivity index (χ3n) is 5.43. The highest BCUT2D eigenvalue weighted by atomic mass is 16.5. The standard InChI is InChI=1S/C22H22N2O3/c25-22(14-9-10-19-20(13-14)27-12-4-11-26-19)24-18-8-3-6-16-15-5-1-2-7-17(15)23-21(16)18/h1-2,5,7,9-10,13,18,23H,3-4,6,8,11-12H2,(H,24,25). The Morgan fingerprint density at radius 2 is 1.89 bits per heavy atom. The maximum absolute atomic E-state index is 12.9. The summed E-state index contributed by atoms with van der Waals surface area (Å²) in [5.41, 5.74) is 4.22. The maximum atomic E-state index is 12.9. The van der Waals surface area contributed by atoms with Gasteiger partial charge in [-0.05, 0) is 49.1 Å². The zero-order valence-electron chi connectivity index (χ0n) is 15.1. The van der Waals surface area contributed by atoms with Crippen molar-refractivity contribution in [2.24, 2.45) is 0 Å². The fraction of sp³-hybridized carbons (Fsp3) is 0.318. The summed E-state index contributed by atoms with van der Waals surface area (Å²) in [5.74, 6) is 1.27. The van der Waals surface area contributed by atoms with E-state index >= 15 is 0 Å². The fourth-order valence-corrected chi connectivity index (χ4v) is 4.11. The fourth-order valence-electron chi connectivity index (χ4n) is 4.11. The minimum atomic E-state index is -0.0813. The summed E-state index contributed by atoms with van der Waals surface area (Å²) in [6.07, 6.45) is 3.91. The number of carbonyl (C=O) groups is 1. The van der Waals surface area contributed by atoms with Crippen molar-refractivity contribution in [3.63, 3.8) is 0 Å². The zero-order valence-corrected chi connectivity index (χ0v) is 15.1. The van der Waals surface area contributed by atoms with E-state index in [1.807, 2.05) is 12.1 Å². The van der Waals surface area contributed by atoms with Gasteiger partial charge in [-0.1, -0.05) is 18.2 Å². The molecule has 3 aromatic rings. The van der Waals surface area contributed by atoms with E-state index in [0.717, 1.165) is 36.9 Å². The second-order valence-electron chi connectivity index (χ2n) is 7.19. The van der Waals surface area contributed by atoms with E-state index in [1.165, 1.54) is 10.9 Å². The molecule has 0 radical (unpaired) electrons. The summed E-state index contributed by atoms with van der Waals surface area (Å²) in [4.78, 5) is 16.4. The molecule has 2 heterocycles. The first-order valence-electron chi connectivity index (χ1n) is 9.59. The van der Waals surface area contributed by atoms with Crippen molar-refractivity contribution in [3.8, 4) is 11.5 Å². The van der Waals surface area contributed by atoms with E-state index in [1.54, 1.807) is 12.1 Å². The summed E-state index contributed by atoms with van der Waals surface area (Å²) < 4.78 is 11.4. The van der Waals surface area contributed by atoms with Gasteiger partial charge in [0.1, 0.15) is 0 Å². The van der Waals surface area contributed by atoms with Gasteiger partial charge in [-0.2, -0.15) is 0 Å². The van der Waals surface area contributed by atoms with Gasteiger partial charge >= 0.3 is 0 Å². The molecule has 1 atom stereocenters. The second-order valence-corrected chi connectivity index (χ2v) is 7.19. The van der Waals surface area contributed by atoms with Crippen molar-refractivity contribution < 1.29 is 14.3 Å². The number of H-pyrrole nitrogens is 1. The molecule has 0 saturated carbocycles. The van der Waals surface area contributed by atoms with Gasteiger partial charge in [0.15, 0.2) is 11.5 Å². The topological polar surface area (TPSA) is 63.4 Å². The minimum absolute atomic E-state index is 0.00429. The third-order valence-corrected chi connectivity index (χ3v) is 5.43. The lowest BCUT2D eigenvalue weighted by Gasteiger charge is -2.24. The van der Waals surface area contributed by atoms with Crippen LogP contribution in [0.5, 0.6) is 11.5 Å². The van der Waals surface area contributed by atoms with Crippen LogP contribution in [-0.2, 0) is 6.42 Å². The van der Waals surface area contributed by atoms with Crippen molar-refractivity contribution in [1.82, 2.24) is 10.3 Å². The summed E-state index contributed by atoms with van der Waals surface area (Å²) in [7, 11) is 0. The van der Waals surface area contributed by atoms with Gasteiger partial charge in [-0.15, -0.1) is 0 Å². The first-order chi connectivity index (χ1) is 13.3. The number of aromatic amines is 1. The Kier molecular flexibility index (Phi) is 4.00. The molecule has 0 spiro atoms. The summed E-state index contributed by atoms with van der Waals surface area (Å²) in [6, 6.07) is 13.8. The first kappa shape index (κ1) is 16.2. The maximum Gasteiger partial charge on any atom is 0.251 e. The molecular weight excluding hydrogens is 340 g/mol. The van der Waals surface area contributed by atoms with E-state index in [-0.39, 0.29) is 11.9 Å². The summed E-state index contributed by atoms with van der Waals surface area (Å²) in [6.45, 7) is 1.25. The third kappa shape index (κ3) is 2.93. The predicted molar refractivity (Wildman–Crippen MR) is 103 cm³/mol. The van der Waals surface area contributed by atoms with Crippen molar-refractivity contribution >= 4 is 16.8 Å². The molecule has 138 valence electrons. The van der Waals surface area contributed by atoms with Crippen LogP contribution in [0.2, 0.25) is 0 Å². The number of nitrogens with one attached hydrogen (secondary N) is 2. The van der Waals surface area contributed by atoms with E-state index in [9.17, 15) is 4.79 Å². The molecular formula is C22H22N2O3. The first-order valence-corrected chi connectivity index (χ1v) is 9.59. The number of aryl methyl sites for hydroxylation is 1. The molecule has 1 unspecified atom stereocenters. The van der Waals surface area contributed by atoms with Crippen LogP contribution in [0.25, 0.3) is 10.9 Å². The highest BCUT2D eigenvalue weighted by Crippen LogP contribution is 2.35. The van der Waals surface area contributed by atoms with Crippen LogP contribution in [0.15, 0.2) is 42.5 Å². The van der Waals surface area contributed by atoms with Gasteiger partial charge in [-0.25, -0.2) is 0 Å². The molecule has 2 aliphatic rings. The van der Waals surface area contributed by atoms with Crippen LogP contribution in [0.4, 0.5) is 0 Å². The molecule has 1 aromatic heterocycles. The average Bonchev–Trinajstić information content (AvgIpc) is 2.92. The number of para-hydroxylation sites is 1. The lowest BCUT2D eigenvalue weighted by molar-refractivity contribution is 0.0931. The quantitative estimate of drug-likeness (QED) is 0.720. The van der Waals surface area contributed by atoms with Crippen molar-refractivity contribution in [2.45, 2.75) is 31.7 Å². The minimum Gasteiger partial charge on any atom is -0.490 e. The molecule has 27 heavy (non-hydrogen) atoms. The zero-order chi connectivity index (χ0) is 18.2. The number of ether oxygens (including phenoxy) is 2. The van der Waals surface area contributed by atoms with Crippen LogP contribution in [0.1, 0.15) is 46.9 Å². The Balaban J connectivity index is 1.41. The average molecular weight is 362 g/mol. The molecule has 2 N–H and O–H groups in total. The summed E-state index contributed by atoms with van der Waals surface area (Å²) >= 11 is 0. The van der Waals surface area contributed by atoms with Crippen LogP contribution in [0.3, 0.4) is 0 Å². The van der Waals surface area contributed by atoms with E-state index in [2.05, 4.69) is 28.5 Å². The Morgan fingerprint density at radius 3 is 2.81 bits per heavy atom. The van der Waals surface area contributed by atoms with Crippen molar-refractivity contribution in [2.75, 3.05) is 13.2 Å². The Bertz CT molecular complexity index is 1010. The molecule has 5 rings (SSSR count). The molecule has 1 aliphatic heterocycles.